The summed E-state index contributed by atoms with van der Waals surface area (Å²) in [7, 11) is 0. The largest absolute Gasteiger partial charge is 0.486 e. The van der Waals surface area contributed by atoms with Gasteiger partial charge >= 0.3 is 5.97 Å². The molecule has 3 rings (SSSR count). The Kier molecular flexibility index (Phi) is 7.79. The second-order valence-corrected chi connectivity index (χ2v) is 8.14. The van der Waals surface area contributed by atoms with Crippen molar-refractivity contribution in [1.29, 1.82) is 5.26 Å². The van der Waals surface area contributed by atoms with Crippen LogP contribution in [0.2, 0.25) is 0 Å². The van der Waals surface area contributed by atoms with Gasteiger partial charge in [-0.05, 0) is 62.2 Å². The van der Waals surface area contributed by atoms with Gasteiger partial charge < -0.3 is 14.0 Å². The number of nitrogens with zero attached hydrogens (tertiary/aromatic N) is 3. The Bertz CT molecular complexity index is 1160. The molecule has 0 aliphatic rings. The van der Waals surface area contributed by atoms with Crippen LogP contribution in [-0.4, -0.2) is 15.5 Å². The van der Waals surface area contributed by atoms with Crippen LogP contribution in [0.5, 0.6) is 5.75 Å². The van der Waals surface area contributed by atoms with Crippen LogP contribution in [0.25, 0.3) is 6.08 Å². The molecule has 6 nitrogen and oxygen atoms in total. The minimum Gasteiger partial charge on any atom is -0.486 e. The Morgan fingerprint density at radius 2 is 2.03 bits per heavy atom. The van der Waals surface area contributed by atoms with E-state index in [1.54, 1.807) is 23.6 Å². The fourth-order valence-corrected chi connectivity index (χ4v) is 3.90. The maximum absolute atomic E-state index is 12.9. The van der Waals surface area contributed by atoms with Gasteiger partial charge in [0.25, 0.3) is 0 Å². The molecule has 1 aromatic carbocycles. The van der Waals surface area contributed by atoms with E-state index in [9.17, 15) is 14.4 Å². The molecule has 166 valence electrons. The van der Waals surface area contributed by atoms with Crippen LogP contribution < -0.4 is 4.74 Å². The highest BCUT2D eigenvalue weighted by Crippen LogP contribution is 2.20. The van der Waals surface area contributed by atoms with Gasteiger partial charge in [0.1, 0.15) is 41.4 Å². The average Bonchev–Trinajstić information content (AvgIpc) is 3.35. The predicted octanol–water partition coefficient (Wildman–Crippen LogP) is 5.34. The standard InChI is InChI=1S/C24H24FN3O3S/c1-4-9-28-16(2)10-18(17(28)3)11-19(12-26)24(29)31-13-21-15-32-23(27-21)14-30-22-7-5-20(25)6-8-22/h5-8,10-11,15H,4,9,13-14H2,1-3H3/b19-11+. The van der Waals surface area contributed by atoms with Gasteiger partial charge in [-0.2, -0.15) is 5.26 Å². The summed E-state index contributed by atoms with van der Waals surface area (Å²) < 4.78 is 26.0. The van der Waals surface area contributed by atoms with E-state index in [4.69, 9.17) is 9.47 Å². The smallest absolute Gasteiger partial charge is 0.349 e. The van der Waals surface area contributed by atoms with Crippen LogP contribution in [-0.2, 0) is 29.3 Å². The third-order valence-corrected chi connectivity index (χ3v) is 5.70. The van der Waals surface area contributed by atoms with E-state index >= 15 is 0 Å². The first-order valence-corrected chi connectivity index (χ1v) is 11.1. The Morgan fingerprint density at radius 1 is 1.28 bits per heavy atom. The number of nitriles is 1. The summed E-state index contributed by atoms with van der Waals surface area (Å²) in [5, 5.41) is 11.9. The van der Waals surface area contributed by atoms with E-state index in [1.807, 2.05) is 26.0 Å². The molecule has 0 saturated carbocycles. The van der Waals surface area contributed by atoms with Crippen molar-refractivity contribution in [2.45, 2.75) is 47.0 Å². The summed E-state index contributed by atoms with van der Waals surface area (Å²) in [6, 6.07) is 9.63. The Hall–Kier alpha value is -3.44. The number of rotatable bonds is 9. The molecular weight excluding hydrogens is 429 g/mol. The predicted molar refractivity (Wildman–Crippen MR) is 120 cm³/mol. The molecule has 0 bridgehead atoms. The lowest BCUT2D eigenvalue weighted by Gasteiger charge is -2.07. The first kappa shape index (κ1) is 23.2. The first-order valence-electron chi connectivity index (χ1n) is 10.2. The number of thiazole rings is 1. The van der Waals surface area contributed by atoms with Crippen molar-refractivity contribution in [2.75, 3.05) is 0 Å². The Labute approximate surface area is 190 Å². The number of halogens is 1. The lowest BCUT2D eigenvalue weighted by Crippen LogP contribution is -2.07. The topological polar surface area (TPSA) is 77.1 Å². The van der Waals surface area contributed by atoms with Crippen molar-refractivity contribution in [3.8, 4) is 11.8 Å². The fraction of sp³-hybridized carbons (Fsp3) is 0.292. The molecule has 0 unspecified atom stereocenters. The highest BCUT2D eigenvalue weighted by molar-refractivity contribution is 7.09. The molecular formula is C24H24FN3O3S. The summed E-state index contributed by atoms with van der Waals surface area (Å²) in [6.45, 7) is 7.14. The molecule has 2 aromatic heterocycles. The van der Waals surface area contributed by atoms with Crippen LogP contribution >= 0.6 is 11.3 Å². The van der Waals surface area contributed by atoms with Crippen molar-refractivity contribution in [2.24, 2.45) is 0 Å². The maximum atomic E-state index is 12.9. The molecule has 2 heterocycles. The molecule has 32 heavy (non-hydrogen) atoms. The first-order chi connectivity index (χ1) is 15.4. The number of hydrogen-bond donors (Lipinski definition) is 0. The fourth-order valence-electron chi connectivity index (χ4n) is 3.21. The minimum absolute atomic E-state index is 0.0419. The Morgan fingerprint density at radius 3 is 2.72 bits per heavy atom. The molecule has 3 aromatic rings. The zero-order chi connectivity index (χ0) is 23.1. The average molecular weight is 454 g/mol. The van der Waals surface area contributed by atoms with Crippen LogP contribution in [0.4, 0.5) is 4.39 Å². The van der Waals surface area contributed by atoms with Crippen molar-refractivity contribution in [3.63, 3.8) is 0 Å². The summed E-state index contributed by atoms with van der Waals surface area (Å²) >= 11 is 1.37. The number of hydrogen-bond acceptors (Lipinski definition) is 6. The van der Waals surface area contributed by atoms with Gasteiger partial charge in [-0.1, -0.05) is 6.92 Å². The van der Waals surface area contributed by atoms with Gasteiger partial charge in [-0.25, -0.2) is 14.2 Å². The van der Waals surface area contributed by atoms with E-state index < -0.39 is 5.97 Å². The number of aromatic nitrogens is 2. The van der Waals surface area contributed by atoms with E-state index in [0.717, 1.165) is 29.9 Å². The quantitative estimate of drug-likeness (QED) is 0.248. The van der Waals surface area contributed by atoms with Crippen LogP contribution in [0.1, 0.15) is 41.0 Å². The lowest BCUT2D eigenvalue weighted by molar-refractivity contribution is -0.139. The van der Waals surface area contributed by atoms with Crippen molar-refractivity contribution in [1.82, 2.24) is 9.55 Å². The van der Waals surface area contributed by atoms with Gasteiger partial charge in [0.2, 0.25) is 0 Å². The monoisotopic (exact) mass is 453 g/mol. The van der Waals surface area contributed by atoms with Gasteiger partial charge in [-0.3, -0.25) is 0 Å². The second kappa shape index (κ2) is 10.7. The number of ether oxygens (including phenoxy) is 2. The molecule has 0 radical (unpaired) electrons. The minimum atomic E-state index is -0.690. The highest BCUT2D eigenvalue weighted by atomic mass is 32.1. The molecule has 0 spiro atoms. The molecule has 0 aliphatic carbocycles. The molecule has 8 heteroatoms. The zero-order valence-electron chi connectivity index (χ0n) is 18.2. The molecule has 0 aliphatic heterocycles. The third-order valence-electron chi connectivity index (χ3n) is 4.83. The third kappa shape index (κ3) is 5.83. The number of carbonyl (C=O) groups is 1. The molecule has 0 saturated heterocycles. The molecule has 0 amide bonds. The summed E-state index contributed by atoms with van der Waals surface area (Å²) in [4.78, 5) is 16.8. The van der Waals surface area contributed by atoms with E-state index in [-0.39, 0.29) is 24.6 Å². The van der Waals surface area contributed by atoms with Gasteiger partial charge in [0, 0.05) is 23.3 Å². The van der Waals surface area contributed by atoms with Gasteiger partial charge in [0.05, 0.1) is 5.69 Å². The maximum Gasteiger partial charge on any atom is 0.349 e. The van der Waals surface area contributed by atoms with Crippen molar-refractivity contribution < 1.29 is 18.7 Å². The summed E-state index contributed by atoms with van der Waals surface area (Å²) in [5.74, 6) is -0.480. The molecule has 0 N–H and O–H groups in total. The normalized spacial score (nSPS) is 11.3. The van der Waals surface area contributed by atoms with Crippen LogP contribution in [0.15, 0.2) is 41.3 Å². The van der Waals surface area contributed by atoms with Crippen molar-refractivity contribution in [3.05, 3.63) is 74.8 Å². The Balaban J connectivity index is 1.59. The van der Waals surface area contributed by atoms with Crippen LogP contribution in [0.3, 0.4) is 0 Å². The van der Waals surface area contributed by atoms with Crippen molar-refractivity contribution >= 4 is 23.4 Å². The highest BCUT2D eigenvalue weighted by Gasteiger charge is 2.15. The van der Waals surface area contributed by atoms with E-state index in [2.05, 4.69) is 16.5 Å². The number of benzene rings is 1. The molecule has 0 atom stereocenters. The number of carbonyl (C=O) groups excluding carboxylic acids is 1. The van der Waals surface area contributed by atoms with E-state index in [0.29, 0.717) is 16.5 Å². The van der Waals surface area contributed by atoms with E-state index in [1.165, 1.54) is 23.5 Å². The summed E-state index contributed by atoms with van der Waals surface area (Å²) in [6.07, 6.45) is 2.57. The number of esters is 1. The zero-order valence-corrected chi connectivity index (χ0v) is 19.0. The van der Waals surface area contributed by atoms with Gasteiger partial charge in [0.15, 0.2) is 0 Å². The second-order valence-electron chi connectivity index (χ2n) is 7.20. The summed E-state index contributed by atoms with van der Waals surface area (Å²) in [5.41, 5.74) is 3.43. The molecule has 0 fully saturated rings. The van der Waals surface area contributed by atoms with Crippen LogP contribution in [0, 0.1) is 31.0 Å². The lowest BCUT2D eigenvalue weighted by atomic mass is 10.1. The number of aryl methyl sites for hydroxylation is 1. The van der Waals surface area contributed by atoms with Gasteiger partial charge in [-0.15, -0.1) is 11.3 Å². The SMILES string of the molecule is CCCn1c(C)cc(/C=C(\C#N)C(=O)OCc2csc(COc3ccc(F)cc3)n2)c1C.